The largest absolute Gasteiger partial charge is 0.358 e. The van der Waals surface area contributed by atoms with Crippen LogP contribution in [0.3, 0.4) is 0 Å². The molecule has 0 N–H and O–H groups in total. The summed E-state index contributed by atoms with van der Waals surface area (Å²) in [7, 11) is 0. The molecule has 0 fully saturated rings. The number of allylic oxidation sites excluding steroid dienone is 8. The molecule has 1 heteroatoms. The van der Waals surface area contributed by atoms with Crippen LogP contribution in [0.25, 0.3) is 0 Å². The van der Waals surface area contributed by atoms with E-state index in [-0.39, 0.29) is 14.9 Å². The van der Waals surface area contributed by atoms with E-state index in [1.807, 2.05) is 12.2 Å². The molecule has 0 amide bonds. The summed E-state index contributed by atoms with van der Waals surface area (Å²) >= 11 is 1.30. The van der Waals surface area contributed by atoms with Crippen molar-refractivity contribution in [1.29, 1.82) is 0 Å². The summed E-state index contributed by atoms with van der Waals surface area (Å²) in [4.78, 5) is 0. The van der Waals surface area contributed by atoms with Gasteiger partial charge in [0.05, 0.1) is 0 Å². The normalized spacial score (nSPS) is 18.6. The molecule has 0 aliphatic heterocycles. The van der Waals surface area contributed by atoms with E-state index in [1.54, 1.807) is 0 Å². The van der Waals surface area contributed by atoms with Crippen LogP contribution in [-0.4, -0.2) is 4.21 Å². The predicted octanol–water partition coefficient (Wildman–Crippen LogP) is 4.89. The van der Waals surface area contributed by atoms with E-state index < -0.39 is 0 Å². The number of hydrogen-bond acceptors (Lipinski definition) is 0. The molecule has 0 saturated heterocycles. The van der Waals surface area contributed by atoms with Crippen molar-refractivity contribution in [2.75, 3.05) is 0 Å². The molecule has 0 saturated carbocycles. The third kappa shape index (κ3) is 7.93. The van der Waals surface area contributed by atoms with Crippen molar-refractivity contribution in [3.63, 3.8) is 0 Å². The van der Waals surface area contributed by atoms with Crippen LogP contribution in [0.15, 0.2) is 34.9 Å². The topological polar surface area (TPSA) is 0 Å². The molecule has 0 radical (unpaired) electrons. The Kier molecular flexibility index (Phi) is 16.7. The Balaban J connectivity index is -0.000000217. The van der Waals surface area contributed by atoms with E-state index in [0.717, 1.165) is 6.42 Å². The Morgan fingerprint density at radius 2 is 1.78 bits per heavy atom. The molecule has 1 atom stereocenters. The fourth-order valence-electron chi connectivity index (χ4n) is 1.50. The Bertz CT molecular complexity index is 320. The summed E-state index contributed by atoms with van der Waals surface area (Å²) in [5.41, 5.74) is 4.25. The van der Waals surface area contributed by atoms with E-state index >= 15 is 0 Å². The minimum Gasteiger partial charge on any atom is -0.358 e. The molecule has 2 aliphatic rings. The maximum Gasteiger partial charge on any atom is -0.358 e. The predicted molar refractivity (Wildman–Crippen MR) is 81.5 cm³/mol. The van der Waals surface area contributed by atoms with Crippen LogP contribution in [0.1, 0.15) is 34.1 Å². The molecule has 0 bridgehead atoms. The van der Waals surface area contributed by atoms with Gasteiger partial charge in [-0.05, 0) is 0 Å². The van der Waals surface area contributed by atoms with Gasteiger partial charge in [-0.15, -0.1) is 13.3 Å². The van der Waals surface area contributed by atoms with E-state index in [0.29, 0.717) is 5.92 Å². The van der Waals surface area contributed by atoms with E-state index in [9.17, 15) is 0 Å². The van der Waals surface area contributed by atoms with Gasteiger partial charge in [0.1, 0.15) is 0 Å². The van der Waals surface area contributed by atoms with Gasteiger partial charge in [-0.2, -0.15) is 17.2 Å². The Morgan fingerprint density at radius 1 is 1.22 bits per heavy atom. The van der Waals surface area contributed by atoms with Gasteiger partial charge in [0.15, 0.2) is 0 Å². The molecule has 2 rings (SSSR count). The molecule has 102 valence electrons. The molecule has 0 aromatic rings. The zero-order chi connectivity index (χ0) is 12.6. The van der Waals surface area contributed by atoms with Gasteiger partial charge in [0, 0.05) is 0 Å². The molecular formula is C17H26Zr-4. The minimum absolute atomic E-state index is 0. The van der Waals surface area contributed by atoms with Gasteiger partial charge in [0.25, 0.3) is 0 Å². The van der Waals surface area contributed by atoms with Crippen LogP contribution >= 0.6 is 0 Å². The quantitative estimate of drug-likeness (QED) is 0.557. The molecule has 0 aromatic heterocycles. The Hall–Kier alpha value is -0.287. The summed E-state index contributed by atoms with van der Waals surface area (Å²) in [5.74, 6) is 0.560. The fourth-order valence-corrected chi connectivity index (χ4v) is 1.50. The van der Waals surface area contributed by atoms with Crippen LogP contribution < -0.4 is 0 Å². The maximum absolute atomic E-state index is 3.36. The molecule has 0 heterocycles. The Labute approximate surface area is 130 Å². The van der Waals surface area contributed by atoms with Crippen LogP contribution in [0, 0.1) is 32.9 Å². The third-order valence-electron chi connectivity index (χ3n) is 2.82. The van der Waals surface area contributed by atoms with E-state index in [4.69, 9.17) is 0 Å². The van der Waals surface area contributed by atoms with Gasteiger partial charge in [0.2, 0.25) is 0 Å². The zero-order valence-electron chi connectivity index (χ0n) is 12.7. The van der Waals surface area contributed by atoms with Crippen molar-refractivity contribution in [2.45, 2.75) is 34.1 Å². The Morgan fingerprint density at radius 3 is 1.89 bits per heavy atom. The first-order valence-electron chi connectivity index (χ1n) is 5.48. The molecule has 0 aromatic carbocycles. The molecule has 0 spiro atoms. The van der Waals surface area contributed by atoms with Crippen LogP contribution in [0.4, 0.5) is 0 Å². The first kappa shape index (κ1) is 22.9. The zero-order valence-corrected chi connectivity index (χ0v) is 15.2. The van der Waals surface area contributed by atoms with Crippen LogP contribution in [-0.2, 0) is 24.2 Å². The van der Waals surface area contributed by atoms with Crippen molar-refractivity contribution in [3.05, 3.63) is 62.0 Å². The van der Waals surface area contributed by atoms with Crippen molar-refractivity contribution < 1.29 is 24.2 Å². The van der Waals surface area contributed by atoms with Gasteiger partial charge in [-0.1, -0.05) is 26.7 Å². The summed E-state index contributed by atoms with van der Waals surface area (Å²) in [5, 5.41) is 0. The second-order valence-electron chi connectivity index (χ2n) is 3.80. The summed E-state index contributed by atoms with van der Waals surface area (Å²) < 4.78 is 3.34. The van der Waals surface area contributed by atoms with Crippen LogP contribution in [0.2, 0.25) is 0 Å². The standard InChI is InChI=1S/C9H13.C5H5.2CH3.CH2.Zr/c1-6-5-7(2)9(4)8(6)3;1-2-4-5-3-1;;;;/h6H,1-4H3;1-3H,4H2;2*1H3;1H2;/q4*-1;;. The van der Waals surface area contributed by atoms with Gasteiger partial charge < -0.3 is 14.9 Å². The van der Waals surface area contributed by atoms with Crippen molar-refractivity contribution in [1.82, 2.24) is 0 Å². The summed E-state index contributed by atoms with van der Waals surface area (Å²) in [6, 6.07) is 0. The van der Waals surface area contributed by atoms with Gasteiger partial charge in [-0.25, -0.2) is 17.7 Å². The summed E-state index contributed by atoms with van der Waals surface area (Å²) in [6.07, 6.45) is 13.4. The maximum atomic E-state index is 3.36. The van der Waals surface area contributed by atoms with Gasteiger partial charge >= 0.3 is 28.4 Å². The number of hydrogen-bond donors (Lipinski definition) is 0. The molecule has 2 aliphatic carbocycles. The average molecular weight is 322 g/mol. The molecule has 1 unspecified atom stereocenters. The second-order valence-corrected chi connectivity index (χ2v) is 3.80. The average Bonchev–Trinajstić information content (AvgIpc) is 2.93. The van der Waals surface area contributed by atoms with Crippen molar-refractivity contribution in [2.24, 2.45) is 5.92 Å². The van der Waals surface area contributed by atoms with Crippen molar-refractivity contribution in [3.8, 4) is 0 Å². The number of rotatable bonds is 0. The molecule has 0 nitrogen and oxygen atoms in total. The third-order valence-corrected chi connectivity index (χ3v) is 2.82. The SMILES string of the molecule is CC1=[C-]C(C)C(C)=C1C.[C-]1=CC=CC1.[CH2]=[Zr].[CH3-].[CH3-]. The molecular weight excluding hydrogens is 295 g/mol. The fraction of sp³-hybridized carbons (Fsp3) is 0.353. The van der Waals surface area contributed by atoms with Crippen molar-refractivity contribution >= 4 is 4.21 Å². The van der Waals surface area contributed by atoms with Gasteiger partial charge in [-0.3, -0.25) is 12.2 Å². The monoisotopic (exact) mass is 320 g/mol. The first-order valence-corrected chi connectivity index (χ1v) is 7.21. The minimum atomic E-state index is 0. The van der Waals surface area contributed by atoms with Crippen LogP contribution in [0.5, 0.6) is 0 Å². The van der Waals surface area contributed by atoms with E-state index in [1.165, 1.54) is 41.0 Å². The summed E-state index contributed by atoms with van der Waals surface area (Å²) in [6.45, 7) is 8.67. The molecule has 18 heavy (non-hydrogen) atoms. The first-order chi connectivity index (χ1) is 7.63. The smallest absolute Gasteiger partial charge is 0.358 e. The van der Waals surface area contributed by atoms with E-state index in [2.05, 4.69) is 50.1 Å². The second kappa shape index (κ2) is 13.2.